The first-order valence-electron chi connectivity index (χ1n) is 8.22. The molecule has 3 heteroatoms. The minimum atomic E-state index is 0. The molecule has 0 atom stereocenters. The van der Waals surface area contributed by atoms with E-state index in [9.17, 15) is 0 Å². The summed E-state index contributed by atoms with van der Waals surface area (Å²) in [5.41, 5.74) is 5.65. The molecule has 0 bridgehead atoms. The molecule has 0 aromatic carbocycles. The van der Waals surface area contributed by atoms with Gasteiger partial charge in [0.2, 0.25) is 0 Å². The standard InChI is InChI=1S/2C10H15.2ClH.Hf/c2*1-3-4-5-10-7-6-9(2)8-10;;;/h2*6H,3-5,7H2,1-2H3;2*1H;/q2*-1;;;+4/p-2. The van der Waals surface area contributed by atoms with Gasteiger partial charge in [-0.05, 0) is 0 Å². The van der Waals surface area contributed by atoms with E-state index in [1.807, 2.05) is 0 Å². The van der Waals surface area contributed by atoms with E-state index in [1.165, 1.54) is 60.8 Å². The smallest absolute Gasteiger partial charge is 1.00 e. The Hall–Kier alpha value is 0.410. The molecule has 0 aromatic rings. The van der Waals surface area contributed by atoms with Crippen LogP contribution in [0.5, 0.6) is 0 Å². The summed E-state index contributed by atoms with van der Waals surface area (Å²) in [5, 5.41) is 0. The molecule has 0 aromatic heterocycles. The van der Waals surface area contributed by atoms with Crippen LogP contribution in [0.15, 0.2) is 34.4 Å². The summed E-state index contributed by atoms with van der Waals surface area (Å²) < 4.78 is 0. The van der Waals surface area contributed by atoms with E-state index in [0.29, 0.717) is 0 Å². The normalized spacial score (nSPS) is 14.8. The fourth-order valence-electron chi connectivity index (χ4n) is 2.42. The maximum Gasteiger partial charge on any atom is 4.00 e. The Morgan fingerprint density at radius 3 is 1.35 bits per heavy atom. The maximum absolute atomic E-state index is 3.37. The van der Waals surface area contributed by atoms with Gasteiger partial charge in [-0.25, -0.2) is 35.5 Å². The Morgan fingerprint density at radius 1 is 0.783 bits per heavy atom. The molecule has 0 amide bonds. The molecule has 0 nitrogen and oxygen atoms in total. The first kappa shape index (κ1) is 28.2. The molecule has 128 valence electrons. The Labute approximate surface area is 175 Å². The van der Waals surface area contributed by atoms with E-state index in [4.69, 9.17) is 0 Å². The summed E-state index contributed by atoms with van der Waals surface area (Å²) in [4.78, 5) is 0. The zero-order valence-electron chi connectivity index (χ0n) is 15.1. The van der Waals surface area contributed by atoms with Crippen LogP contribution in [0.25, 0.3) is 0 Å². The summed E-state index contributed by atoms with van der Waals surface area (Å²) in [7, 11) is 0. The average Bonchev–Trinajstić information content (AvgIpc) is 3.03. The molecule has 2 aliphatic rings. The number of hydrogen-bond acceptors (Lipinski definition) is 0. The molecule has 0 spiro atoms. The van der Waals surface area contributed by atoms with Gasteiger partial charge in [-0.15, -0.1) is 0 Å². The molecule has 0 unspecified atom stereocenters. The third-order valence-electron chi connectivity index (χ3n) is 3.72. The molecular formula is C20H30Cl2Hf. The van der Waals surface area contributed by atoms with E-state index in [0.717, 1.165) is 12.8 Å². The van der Waals surface area contributed by atoms with Crippen molar-refractivity contribution >= 4 is 0 Å². The predicted octanol–water partition coefficient (Wildman–Crippen LogP) is 0.518. The van der Waals surface area contributed by atoms with Gasteiger partial charge in [0.05, 0.1) is 0 Å². The molecule has 0 heterocycles. The molecule has 2 aliphatic carbocycles. The molecule has 23 heavy (non-hydrogen) atoms. The van der Waals surface area contributed by atoms with Gasteiger partial charge in [-0.2, -0.15) is 11.1 Å². The van der Waals surface area contributed by atoms with Crippen molar-refractivity contribution in [1.82, 2.24) is 0 Å². The van der Waals surface area contributed by atoms with Crippen molar-refractivity contribution in [1.29, 1.82) is 0 Å². The fourth-order valence-corrected chi connectivity index (χ4v) is 2.42. The Balaban J connectivity index is -0.000000308. The third kappa shape index (κ3) is 13.4. The van der Waals surface area contributed by atoms with Gasteiger partial charge in [0.1, 0.15) is 0 Å². The summed E-state index contributed by atoms with van der Waals surface area (Å²) in [6.07, 6.45) is 21.3. The quantitative estimate of drug-likeness (QED) is 0.355. The molecule has 0 saturated heterocycles. The first-order chi connectivity index (χ1) is 9.65. The summed E-state index contributed by atoms with van der Waals surface area (Å²) in [6.45, 7) is 8.71. The summed E-state index contributed by atoms with van der Waals surface area (Å²) in [5.74, 6) is 0. The van der Waals surface area contributed by atoms with Crippen LogP contribution in [0.2, 0.25) is 0 Å². The second kappa shape index (κ2) is 17.2. The monoisotopic (exact) mass is 520 g/mol. The van der Waals surface area contributed by atoms with Gasteiger partial charge in [0, 0.05) is 0 Å². The van der Waals surface area contributed by atoms with Crippen LogP contribution >= 0.6 is 0 Å². The van der Waals surface area contributed by atoms with Crippen LogP contribution in [0, 0.1) is 12.2 Å². The van der Waals surface area contributed by atoms with Gasteiger partial charge < -0.3 is 24.8 Å². The van der Waals surface area contributed by atoms with Crippen LogP contribution in [-0.2, 0) is 25.8 Å². The van der Waals surface area contributed by atoms with Gasteiger partial charge in [0.15, 0.2) is 0 Å². The Bertz CT molecular complexity index is 377. The second-order valence-corrected chi connectivity index (χ2v) is 5.85. The summed E-state index contributed by atoms with van der Waals surface area (Å²) in [6, 6.07) is 0. The van der Waals surface area contributed by atoms with Crippen LogP contribution in [0.3, 0.4) is 0 Å². The largest absolute Gasteiger partial charge is 4.00 e. The van der Waals surface area contributed by atoms with Gasteiger partial charge >= 0.3 is 25.8 Å². The number of allylic oxidation sites excluding steroid dienone is 8. The van der Waals surface area contributed by atoms with Crippen LogP contribution in [0.4, 0.5) is 0 Å². The molecule has 0 fully saturated rings. The first-order valence-corrected chi connectivity index (χ1v) is 8.22. The molecule has 0 radical (unpaired) electrons. The third-order valence-corrected chi connectivity index (χ3v) is 3.72. The second-order valence-electron chi connectivity index (χ2n) is 5.85. The van der Waals surface area contributed by atoms with Crippen molar-refractivity contribution in [3.8, 4) is 0 Å². The Morgan fingerprint density at radius 2 is 1.13 bits per heavy atom. The molecule has 0 N–H and O–H groups in total. The Kier molecular flexibility index (Phi) is 21.2. The maximum atomic E-state index is 3.37. The van der Waals surface area contributed by atoms with E-state index < -0.39 is 0 Å². The van der Waals surface area contributed by atoms with Gasteiger partial charge in [0.25, 0.3) is 0 Å². The topological polar surface area (TPSA) is 0 Å². The van der Waals surface area contributed by atoms with E-state index >= 15 is 0 Å². The molecule has 0 aliphatic heterocycles. The van der Waals surface area contributed by atoms with Crippen molar-refractivity contribution in [2.45, 2.75) is 79.1 Å². The van der Waals surface area contributed by atoms with Crippen molar-refractivity contribution in [2.24, 2.45) is 0 Å². The number of unbranched alkanes of at least 4 members (excludes halogenated alkanes) is 2. The van der Waals surface area contributed by atoms with Crippen molar-refractivity contribution < 1.29 is 50.7 Å². The van der Waals surface area contributed by atoms with Crippen LogP contribution in [0.1, 0.15) is 79.1 Å². The van der Waals surface area contributed by atoms with Crippen molar-refractivity contribution in [2.75, 3.05) is 0 Å². The zero-order chi connectivity index (χ0) is 14.8. The van der Waals surface area contributed by atoms with E-state index in [1.54, 1.807) is 0 Å². The molecule has 0 saturated carbocycles. The van der Waals surface area contributed by atoms with Gasteiger partial charge in [-0.3, -0.25) is 0 Å². The fraction of sp³-hybridized carbons (Fsp3) is 0.600. The van der Waals surface area contributed by atoms with Crippen LogP contribution in [-0.4, -0.2) is 0 Å². The average molecular weight is 520 g/mol. The van der Waals surface area contributed by atoms with E-state index in [2.05, 4.69) is 52.0 Å². The molecule has 2 rings (SSSR count). The molecular weight excluding hydrogens is 490 g/mol. The number of halogens is 2. The predicted molar refractivity (Wildman–Crippen MR) is 89.3 cm³/mol. The SMILES string of the molecule is CCCCC1=[C-]C(C)=CC1.CCCCC1=[C-]C(C)=CC1.[Cl-].[Cl-].[Hf+4]. The van der Waals surface area contributed by atoms with Crippen LogP contribution < -0.4 is 24.8 Å². The number of rotatable bonds is 6. The van der Waals surface area contributed by atoms with Gasteiger partial charge in [-0.1, -0.05) is 79.1 Å². The summed E-state index contributed by atoms with van der Waals surface area (Å²) >= 11 is 0. The van der Waals surface area contributed by atoms with Crippen molar-refractivity contribution in [3.05, 3.63) is 46.6 Å². The minimum absolute atomic E-state index is 0. The number of hydrogen-bond donors (Lipinski definition) is 0. The minimum Gasteiger partial charge on any atom is -1.00 e. The van der Waals surface area contributed by atoms with Crippen molar-refractivity contribution in [3.63, 3.8) is 0 Å². The zero-order valence-corrected chi connectivity index (χ0v) is 20.2. The van der Waals surface area contributed by atoms with E-state index in [-0.39, 0.29) is 50.7 Å².